The van der Waals surface area contributed by atoms with Gasteiger partial charge in [-0.15, -0.1) is 0 Å². The van der Waals surface area contributed by atoms with E-state index in [0.717, 1.165) is 19.3 Å². The van der Waals surface area contributed by atoms with Crippen molar-refractivity contribution in [1.29, 1.82) is 0 Å². The second-order valence-electron chi connectivity index (χ2n) is 6.19. The molecule has 0 radical (unpaired) electrons. The van der Waals surface area contributed by atoms with Crippen molar-refractivity contribution in [3.8, 4) is 5.75 Å². The van der Waals surface area contributed by atoms with Gasteiger partial charge in [-0.2, -0.15) is 5.10 Å². The molecule has 1 aliphatic rings. The summed E-state index contributed by atoms with van der Waals surface area (Å²) in [7, 11) is 0. The van der Waals surface area contributed by atoms with Crippen LogP contribution in [0.25, 0.3) is 0 Å². The van der Waals surface area contributed by atoms with E-state index in [4.69, 9.17) is 9.47 Å². The van der Waals surface area contributed by atoms with Crippen molar-refractivity contribution in [3.63, 3.8) is 0 Å². The molecule has 25 heavy (non-hydrogen) atoms. The highest BCUT2D eigenvalue weighted by atomic mass is 19.1. The van der Waals surface area contributed by atoms with E-state index in [0.29, 0.717) is 37.0 Å². The summed E-state index contributed by atoms with van der Waals surface area (Å²) >= 11 is 0. The summed E-state index contributed by atoms with van der Waals surface area (Å²) in [5.74, 6) is 0.713. The highest BCUT2D eigenvalue weighted by Crippen LogP contribution is 2.22. The second kappa shape index (κ2) is 8.62. The van der Waals surface area contributed by atoms with Crippen molar-refractivity contribution in [1.82, 2.24) is 15.5 Å². The number of nitrogens with zero attached hydrogens (tertiary/aromatic N) is 1. The Balaban J connectivity index is 1.30. The Labute approximate surface area is 145 Å². The molecule has 2 N–H and O–H groups in total. The van der Waals surface area contributed by atoms with E-state index in [1.807, 2.05) is 0 Å². The first kappa shape index (κ1) is 17.4. The van der Waals surface area contributed by atoms with Crippen LogP contribution < -0.4 is 10.1 Å². The Bertz CT molecular complexity index is 653. The summed E-state index contributed by atoms with van der Waals surface area (Å²) < 4.78 is 24.3. The lowest BCUT2D eigenvalue weighted by Gasteiger charge is -2.29. The van der Waals surface area contributed by atoms with Gasteiger partial charge in [-0.05, 0) is 49.4 Å². The second-order valence-corrected chi connectivity index (χ2v) is 6.19. The van der Waals surface area contributed by atoms with Gasteiger partial charge in [-0.25, -0.2) is 4.39 Å². The fraction of sp³-hybridized carbons (Fsp3) is 0.444. The minimum absolute atomic E-state index is 0.0464. The quantitative estimate of drug-likeness (QED) is 0.807. The lowest BCUT2D eigenvalue weighted by atomic mass is 9.95. The molecule has 1 amide bonds. The van der Waals surface area contributed by atoms with E-state index in [-0.39, 0.29) is 17.8 Å². The largest absolute Gasteiger partial charge is 0.494 e. The minimum Gasteiger partial charge on any atom is -0.494 e. The lowest BCUT2D eigenvalue weighted by molar-refractivity contribution is -0.0187. The van der Waals surface area contributed by atoms with Crippen LogP contribution in [0, 0.1) is 11.7 Å². The zero-order valence-electron chi connectivity index (χ0n) is 13.9. The van der Waals surface area contributed by atoms with Crippen molar-refractivity contribution in [2.45, 2.75) is 25.4 Å². The van der Waals surface area contributed by atoms with Gasteiger partial charge in [-0.1, -0.05) is 0 Å². The van der Waals surface area contributed by atoms with Crippen LogP contribution in [0.1, 0.15) is 29.6 Å². The SMILES string of the molecule is O=C(NCC1CC[C@H](CCOc2ccc(F)cc2)CO1)c1cn[nH]c1. The smallest absolute Gasteiger partial charge is 0.254 e. The molecule has 0 aliphatic carbocycles. The fourth-order valence-corrected chi connectivity index (χ4v) is 2.81. The Morgan fingerprint density at radius 1 is 1.36 bits per heavy atom. The maximum atomic E-state index is 12.8. The molecule has 7 heteroatoms. The highest BCUT2D eigenvalue weighted by Gasteiger charge is 2.22. The standard InChI is InChI=1S/C18H22FN3O3/c19-15-2-5-16(6-3-15)24-8-7-13-1-4-17(25-12-13)11-20-18(23)14-9-21-22-10-14/h2-3,5-6,9-10,13,17H,1,4,7-8,11-12H2,(H,20,23)(H,21,22)/t13-,17?/m1/s1. The van der Waals surface area contributed by atoms with E-state index in [1.54, 1.807) is 18.3 Å². The van der Waals surface area contributed by atoms with Crippen molar-refractivity contribution in [3.05, 3.63) is 48.0 Å². The van der Waals surface area contributed by atoms with Crippen molar-refractivity contribution < 1.29 is 18.7 Å². The molecule has 134 valence electrons. The van der Waals surface area contributed by atoms with Gasteiger partial charge in [0.05, 0.1) is 24.5 Å². The van der Waals surface area contributed by atoms with Crippen molar-refractivity contribution in [2.75, 3.05) is 19.8 Å². The maximum absolute atomic E-state index is 12.8. The van der Waals surface area contributed by atoms with E-state index in [2.05, 4.69) is 15.5 Å². The van der Waals surface area contributed by atoms with Crippen molar-refractivity contribution in [2.24, 2.45) is 5.92 Å². The number of hydrogen-bond donors (Lipinski definition) is 2. The molecule has 1 unspecified atom stereocenters. The van der Waals surface area contributed by atoms with Crippen LogP contribution in [-0.4, -0.2) is 42.0 Å². The zero-order valence-corrected chi connectivity index (χ0v) is 13.9. The summed E-state index contributed by atoms with van der Waals surface area (Å²) in [5, 5.41) is 9.23. The Kier molecular flexibility index (Phi) is 6.00. The first-order chi connectivity index (χ1) is 12.2. The summed E-state index contributed by atoms with van der Waals surface area (Å²) in [6.45, 7) is 1.75. The Hall–Kier alpha value is -2.41. The van der Waals surface area contributed by atoms with Gasteiger partial charge in [0, 0.05) is 19.3 Å². The first-order valence-electron chi connectivity index (χ1n) is 8.47. The number of amides is 1. The number of hydrogen-bond acceptors (Lipinski definition) is 4. The van der Waals surface area contributed by atoms with Gasteiger partial charge in [0.2, 0.25) is 0 Å². The molecular weight excluding hydrogens is 325 g/mol. The molecule has 1 aromatic heterocycles. The Morgan fingerprint density at radius 3 is 2.88 bits per heavy atom. The number of nitrogens with one attached hydrogen (secondary N) is 2. The van der Waals surface area contributed by atoms with E-state index in [1.165, 1.54) is 18.3 Å². The van der Waals surface area contributed by atoms with Gasteiger partial charge >= 0.3 is 0 Å². The molecule has 2 atom stereocenters. The van der Waals surface area contributed by atoms with Gasteiger partial charge in [0.1, 0.15) is 11.6 Å². The van der Waals surface area contributed by atoms with E-state index >= 15 is 0 Å². The molecule has 0 bridgehead atoms. The summed E-state index contributed by atoms with van der Waals surface area (Å²) in [5.41, 5.74) is 0.520. The van der Waals surface area contributed by atoms with Gasteiger partial charge in [0.25, 0.3) is 5.91 Å². The average Bonchev–Trinajstić information content (AvgIpc) is 3.17. The highest BCUT2D eigenvalue weighted by molar-refractivity contribution is 5.93. The molecule has 1 fully saturated rings. The zero-order chi connectivity index (χ0) is 17.5. The number of carbonyl (C=O) groups is 1. The average molecular weight is 347 g/mol. The number of aromatic nitrogens is 2. The van der Waals surface area contributed by atoms with Gasteiger partial charge < -0.3 is 14.8 Å². The van der Waals surface area contributed by atoms with Crippen LogP contribution in [0.3, 0.4) is 0 Å². The molecule has 0 spiro atoms. The molecule has 0 saturated carbocycles. The molecule has 1 saturated heterocycles. The lowest BCUT2D eigenvalue weighted by Crippen LogP contribution is -2.37. The first-order valence-corrected chi connectivity index (χ1v) is 8.47. The predicted octanol–water partition coefficient (Wildman–Crippen LogP) is 2.54. The van der Waals surface area contributed by atoms with Crippen molar-refractivity contribution >= 4 is 5.91 Å². The van der Waals surface area contributed by atoms with Crippen LogP contribution >= 0.6 is 0 Å². The Morgan fingerprint density at radius 2 is 2.20 bits per heavy atom. The molecule has 3 rings (SSSR count). The molecule has 1 aliphatic heterocycles. The summed E-state index contributed by atoms with van der Waals surface area (Å²) in [4.78, 5) is 11.8. The number of H-pyrrole nitrogens is 1. The monoisotopic (exact) mass is 347 g/mol. The van der Waals surface area contributed by atoms with Crippen LogP contribution in [0.2, 0.25) is 0 Å². The molecule has 2 heterocycles. The number of rotatable bonds is 7. The molecular formula is C18H22FN3O3. The molecule has 6 nitrogen and oxygen atoms in total. The number of benzene rings is 1. The third-order valence-corrected chi connectivity index (χ3v) is 4.32. The van der Waals surface area contributed by atoms with Gasteiger partial charge in [-0.3, -0.25) is 9.89 Å². The summed E-state index contributed by atoms with van der Waals surface area (Å²) in [6, 6.07) is 6.04. The predicted molar refractivity (Wildman–Crippen MR) is 89.9 cm³/mol. The summed E-state index contributed by atoms with van der Waals surface area (Å²) in [6.07, 6.45) is 5.95. The van der Waals surface area contributed by atoms with Crippen LogP contribution in [0.4, 0.5) is 4.39 Å². The van der Waals surface area contributed by atoms with Gasteiger partial charge in [0.15, 0.2) is 0 Å². The maximum Gasteiger partial charge on any atom is 0.254 e. The topological polar surface area (TPSA) is 76.2 Å². The molecule has 1 aromatic carbocycles. The number of carbonyl (C=O) groups excluding carboxylic acids is 1. The normalized spacial score (nSPS) is 20.2. The third-order valence-electron chi connectivity index (χ3n) is 4.32. The molecule has 2 aromatic rings. The third kappa shape index (κ3) is 5.29. The van der Waals surface area contributed by atoms with Crippen LogP contribution in [0.5, 0.6) is 5.75 Å². The minimum atomic E-state index is -0.265. The fourth-order valence-electron chi connectivity index (χ4n) is 2.81. The number of aromatic amines is 1. The number of halogens is 1. The van der Waals surface area contributed by atoms with Crippen LogP contribution in [0.15, 0.2) is 36.7 Å². The van der Waals surface area contributed by atoms with E-state index in [9.17, 15) is 9.18 Å². The number of ether oxygens (including phenoxy) is 2. The van der Waals surface area contributed by atoms with Crippen LogP contribution in [-0.2, 0) is 4.74 Å². The van der Waals surface area contributed by atoms with E-state index < -0.39 is 0 Å².